The number of esters is 1. The number of halogens is 3. The van der Waals surface area contributed by atoms with Crippen LogP contribution in [0.15, 0.2) is 79.1 Å². The highest BCUT2D eigenvalue weighted by Gasteiger charge is 2.34. The van der Waals surface area contributed by atoms with Crippen LogP contribution in [-0.2, 0) is 33.5 Å². The van der Waals surface area contributed by atoms with Crippen molar-refractivity contribution in [2.45, 2.75) is 96.9 Å². The molecule has 13 heteroatoms. The third-order valence-corrected chi connectivity index (χ3v) is 11.0. The molecule has 1 heterocycles. The molecule has 1 saturated carbocycles. The van der Waals surface area contributed by atoms with Crippen molar-refractivity contribution in [2.75, 3.05) is 19.0 Å². The van der Waals surface area contributed by atoms with Gasteiger partial charge in [0, 0.05) is 35.8 Å². The van der Waals surface area contributed by atoms with Crippen LogP contribution in [0.25, 0.3) is 17.0 Å². The predicted octanol–water partition coefficient (Wildman–Crippen LogP) is 9.97. The maximum absolute atomic E-state index is 14.1. The van der Waals surface area contributed by atoms with Gasteiger partial charge in [-0.15, -0.1) is 0 Å². The molecule has 4 aromatic rings. The molecule has 0 bridgehead atoms. The average molecular weight is 822 g/mol. The van der Waals surface area contributed by atoms with Crippen molar-refractivity contribution >= 4 is 29.0 Å². The van der Waals surface area contributed by atoms with Crippen LogP contribution in [0.3, 0.4) is 0 Å². The number of methoxy groups -OCH3 is 1. The number of carbonyl (C=O) groups excluding carboxylic acids is 3. The van der Waals surface area contributed by atoms with Gasteiger partial charge in [0.25, 0.3) is 5.91 Å². The summed E-state index contributed by atoms with van der Waals surface area (Å²) in [5.74, 6) is 0.107. The van der Waals surface area contributed by atoms with Gasteiger partial charge in [-0.05, 0) is 98.9 Å². The van der Waals surface area contributed by atoms with Crippen molar-refractivity contribution in [1.29, 1.82) is 5.26 Å². The molecule has 2 aliphatic carbocycles. The van der Waals surface area contributed by atoms with E-state index < -0.39 is 48.1 Å². The SMILES string of the molecule is COc1ccc(CC(=O)Nc2ccc(C(=O)N(CC(=O)OC(C)(C)C)Cc3ccc(-c4ncc(C5=CCC(C6CCCCC6)CC5)cn4)cc3)c(C#N)c2)c(C(F)(F)F)c1. The summed E-state index contributed by atoms with van der Waals surface area (Å²) in [6, 6.07) is 16.6. The molecule has 0 radical (unpaired) electrons. The minimum Gasteiger partial charge on any atom is -0.497 e. The average Bonchev–Trinajstić information content (AvgIpc) is 3.23. The summed E-state index contributed by atoms with van der Waals surface area (Å²) >= 11 is 0. The number of anilines is 1. The molecular weight excluding hydrogens is 772 g/mol. The number of hydrogen-bond donors (Lipinski definition) is 1. The van der Waals surface area contributed by atoms with Crippen molar-refractivity contribution in [3.63, 3.8) is 0 Å². The summed E-state index contributed by atoms with van der Waals surface area (Å²) in [5, 5.41) is 12.6. The first-order chi connectivity index (χ1) is 28.6. The van der Waals surface area contributed by atoms with Gasteiger partial charge in [-0.3, -0.25) is 14.4 Å². The first-order valence-corrected chi connectivity index (χ1v) is 20.3. The number of nitrogens with zero attached hydrogens (tertiary/aromatic N) is 4. The molecule has 0 aliphatic heterocycles. The topological polar surface area (TPSA) is 135 Å². The minimum absolute atomic E-state index is 0.00645. The van der Waals surface area contributed by atoms with Gasteiger partial charge in [-0.1, -0.05) is 68.5 Å². The molecule has 6 rings (SSSR count). The number of rotatable bonds is 12. The number of allylic oxidation sites excluding steroid dienone is 2. The van der Waals surface area contributed by atoms with E-state index in [0.29, 0.717) is 11.4 Å². The number of amides is 2. The second kappa shape index (κ2) is 18.9. The molecule has 60 heavy (non-hydrogen) atoms. The van der Waals surface area contributed by atoms with E-state index >= 15 is 0 Å². The van der Waals surface area contributed by atoms with Gasteiger partial charge in [0.2, 0.25) is 5.91 Å². The summed E-state index contributed by atoms with van der Waals surface area (Å²) in [4.78, 5) is 50.6. The summed E-state index contributed by atoms with van der Waals surface area (Å²) < 4.78 is 51.6. The standard InChI is InChI=1S/C47H50F3N5O5/c1-46(2,3)60-43(57)29-55(45(58)40-21-19-38(22-36(40)25-51)54-42(56)23-35-18-20-39(59-4)24-41(35)47(48,49)50)28-30-10-12-34(13-11-30)44-52-26-37(27-53-44)33-16-14-32(15-17-33)31-8-6-5-7-9-31/h10-13,16,18-22,24,26-27,31-32H,5-9,14-15,17,23,28-29H2,1-4H3,(H,54,56). The fourth-order valence-corrected chi connectivity index (χ4v) is 8.05. The van der Waals surface area contributed by atoms with Crippen molar-refractivity contribution in [3.05, 3.63) is 113 Å². The van der Waals surface area contributed by atoms with Gasteiger partial charge in [-0.25, -0.2) is 9.97 Å². The zero-order valence-corrected chi connectivity index (χ0v) is 34.4. The van der Waals surface area contributed by atoms with Crippen molar-refractivity contribution in [3.8, 4) is 23.2 Å². The molecule has 314 valence electrons. The van der Waals surface area contributed by atoms with Gasteiger partial charge >= 0.3 is 12.1 Å². The summed E-state index contributed by atoms with van der Waals surface area (Å²) in [6.45, 7) is 4.70. The monoisotopic (exact) mass is 821 g/mol. The third-order valence-electron chi connectivity index (χ3n) is 11.0. The largest absolute Gasteiger partial charge is 0.497 e. The zero-order chi connectivity index (χ0) is 43.0. The van der Waals surface area contributed by atoms with Crippen LogP contribution < -0.4 is 10.1 Å². The number of aromatic nitrogens is 2. The molecule has 0 spiro atoms. The van der Waals surface area contributed by atoms with E-state index in [-0.39, 0.29) is 34.7 Å². The van der Waals surface area contributed by atoms with Crippen LogP contribution in [0, 0.1) is 23.2 Å². The Bertz CT molecular complexity index is 2250. The van der Waals surface area contributed by atoms with E-state index in [4.69, 9.17) is 9.47 Å². The molecule has 3 aromatic carbocycles. The van der Waals surface area contributed by atoms with Crippen molar-refractivity contribution in [2.24, 2.45) is 11.8 Å². The summed E-state index contributed by atoms with van der Waals surface area (Å²) in [5.41, 5.74) is 1.64. The highest BCUT2D eigenvalue weighted by atomic mass is 19.4. The van der Waals surface area contributed by atoms with Gasteiger partial charge in [0.1, 0.15) is 24.0 Å². The van der Waals surface area contributed by atoms with Gasteiger partial charge in [0.05, 0.1) is 30.2 Å². The molecule has 1 atom stereocenters. The van der Waals surface area contributed by atoms with Crippen LogP contribution in [0.4, 0.5) is 18.9 Å². The molecule has 1 unspecified atom stereocenters. The smallest absolute Gasteiger partial charge is 0.416 e. The predicted molar refractivity (Wildman–Crippen MR) is 221 cm³/mol. The van der Waals surface area contributed by atoms with E-state index in [1.165, 1.54) is 86.4 Å². The minimum atomic E-state index is -4.72. The fraction of sp³-hybridized carbons (Fsp3) is 0.404. The molecule has 2 aliphatic rings. The lowest BCUT2D eigenvalue weighted by molar-refractivity contribution is -0.155. The third kappa shape index (κ3) is 11.4. The van der Waals surface area contributed by atoms with Crippen LogP contribution >= 0.6 is 0 Å². The Morgan fingerprint density at radius 1 is 0.900 bits per heavy atom. The van der Waals surface area contributed by atoms with E-state index in [9.17, 15) is 32.8 Å². The van der Waals surface area contributed by atoms with Crippen molar-refractivity contribution < 1.29 is 37.0 Å². The molecule has 1 N–H and O–H groups in total. The highest BCUT2D eigenvalue weighted by molar-refractivity contribution is 5.99. The lowest BCUT2D eigenvalue weighted by Gasteiger charge is -2.32. The molecule has 10 nitrogen and oxygen atoms in total. The number of alkyl halides is 3. The highest BCUT2D eigenvalue weighted by Crippen LogP contribution is 2.40. The Hall–Kier alpha value is -6.03. The second-order valence-corrected chi connectivity index (χ2v) is 16.5. The van der Waals surface area contributed by atoms with Gasteiger partial charge in [0.15, 0.2) is 5.82 Å². The van der Waals surface area contributed by atoms with Gasteiger partial charge < -0.3 is 19.7 Å². The lowest BCUT2D eigenvalue weighted by Crippen LogP contribution is -2.38. The molecule has 2 amide bonds. The first kappa shape index (κ1) is 43.5. The number of nitriles is 1. The number of hydrogen-bond acceptors (Lipinski definition) is 8. The van der Waals surface area contributed by atoms with Crippen LogP contribution in [0.5, 0.6) is 5.75 Å². The Morgan fingerprint density at radius 2 is 1.62 bits per heavy atom. The first-order valence-electron chi connectivity index (χ1n) is 20.3. The number of ether oxygens (including phenoxy) is 2. The van der Waals surface area contributed by atoms with E-state index in [2.05, 4.69) is 21.4 Å². The van der Waals surface area contributed by atoms with Gasteiger partial charge in [-0.2, -0.15) is 18.4 Å². The van der Waals surface area contributed by atoms with Crippen LogP contribution in [-0.4, -0.2) is 51.9 Å². The van der Waals surface area contributed by atoms with Crippen LogP contribution in [0.1, 0.15) is 110 Å². The Balaban J connectivity index is 1.14. The zero-order valence-electron chi connectivity index (χ0n) is 34.4. The maximum atomic E-state index is 14.1. The lowest BCUT2D eigenvalue weighted by atomic mass is 9.73. The summed E-state index contributed by atoms with van der Waals surface area (Å²) in [7, 11) is 1.24. The number of carbonyl (C=O) groups is 3. The maximum Gasteiger partial charge on any atom is 0.416 e. The molecule has 1 aromatic heterocycles. The quantitative estimate of drug-likeness (QED) is 0.140. The normalized spacial score (nSPS) is 16.0. The fourth-order valence-electron chi connectivity index (χ4n) is 8.05. The molecule has 0 saturated heterocycles. The summed E-state index contributed by atoms with van der Waals surface area (Å²) in [6.07, 6.45) is 10.9. The molecular formula is C47H50F3N5O5. The van der Waals surface area contributed by atoms with E-state index in [0.717, 1.165) is 41.9 Å². The van der Waals surface area contributed by atoms with Crippen molar-refractivity contribution in [1.82, 2.24) is 14.9 Å². The van der Waals surface area contributed by atoms with E-state index in [1.54, 1.807) is 20.8 Å². The Morgan fingerprint density at radius 3 is 2.23 bits per heavy atom. The number of benzene rings is 3. The Kier molecular flexibility index (Phi) is 13.7. The Labute approximate surface area is 348 Å². The van der Waals surface area contributed by atoms with E-state index in [1.807, 2.05) is 42.7 Å². The number of nitrogens with one attached hydrogen (secondary N) is 1. The second-order valence-electron chi connectivity index (χ2n) is 16.5. The molecule has 1 fully saturated rings. The van der Waals surface area contributed by atoms with Crippen LogP contribution in [0.2, 0.25) is 0 Å².